The van der Waals surface area contributed by atoms with E-state index < -0.39 is 5.97 Å². The predicted molar refractivity (Wildman–Crippen MR) is 115 cm³/mol. The van der Waals surface area contributed by atoms with E-state index in [1.54, 1.807) is 11.1 Å². The minimum absolute atomic E-state index is 0.269. The molecule has 154 valence electrons. The highest BCUT2D eigenvalue weighted by atomic mass is 32.2. The summed E-state index contributed by atoms with van der Waals surface area (Å²) in [6.45, 7) is 6.85. The van der Waals surface area contributed by atoms with E-state index in [2.05, 4.69) is 44.7 Å². The van der Waals surface area contributed by atoms with E-state index in [9.17, 15) is 4.79 Å². The third kappa shape index (κ3) is 7.30. The van der Waals surface area contributed by atoms with Gasteiger partial charge in [0.15, 0.2) is 0 Å². The van der Waals surface area contributed by atoms with Crippen molar-refractivity contribution in [2.75, 3.05) is 11.5 Å². The summed E-state index contributed by atoms with van der Waals surface area (Å²) >= 11 is 2.09. The van der Waals surface area contributed by atoms with E-state index in [0.717, 1.165) is 25.0 Å². The first kappa shape index (κ1) is 22.5. The smallest absolute Gasteiger partial charge is 0.303 e. The molecule has 2 aliphatic heterocycles. The molecule has 0 amide bonds. The summed E-state index contributed by atoms with van der Waals surface area (Å²) < 4.78 is 6.23. The molecule has 2 aliphatic rings. The van der Waals surface area contributed by atoms with Gasteiger partial charge in [0.25, 0.3) is 0 Å². The number of hydrogen-bond acceptors (Lipinski definition) is 3. The fraction of sp³-hybridized carbons (Fsp3) is 0.783. The van der Waals surface area contributed by atoms with Crippen LogP contribution in [0.15, 0.2) is 23.3 Å². The van der Waals surface area contributed by atoms with Crippen LogP contribution in [0.3, 0.4) is 0 Å². The molecule has 0 radical (unpaired) electrons. The second-order valence-electron chi connectivity index (χ2n) is 8.29. The fourth-order valence-corrected chi connectivity index (χ4v) is 5.70. The van der Waals surface area contributed by atoms with Crippen molar-refractivity contribution in [3.63, 3.8) is 0 Å². The van der Waals surface area contributed by atoms with Gasteiger partial charge in [0.2, 0.25) is 0 Å². The van der Waals surface area contributed by atoms with Crippen LogP contribution in [0.4, 0.5) is 0 Å². The molecule has 2 rings (SSSR count). The monoisotopic (exact) mass is 394 g/mol. The first-order valence-corrected chi connectivity index (χ1v) is 11.9. The van der Waals surface area contributed by atoms with Gasteiger partial charge in [0, 0.05) is 12.2 Å². The highest BCUT2D eigenvalue weighted by Crippen LogP contribution is 2.46. The lowest BCUT2D eigenvalue weighted by molar-refractivity contribution is -0.137. The Morgan fingerprint density at radius 1 is 1.07 bits per heavy atom. The Bertz CT molecular complexity index is 526. The number of rotatable bonds is 13. The number of unbranched alkanes of at least 4 members (excludes halogenated alkanes) is 2. The Balaban J connectivity index is 1.75. The van der Waals surface area contributed by atoms with Gasteiger partial charge >= 0.3 is 5.97 Å². The first-order valence-electron chi connectivity index (χ1n) is 10.8. The maximum absolute atomic E-state index is 10.6. The van der Waals surface area contributed by atoms with E-state index in [4.69, 9.17) is 9.84 Å². The molecule has 27 heavy (non-hydrogen) atoms. The maximum atomic E-state index is 10.6. The van der Waals surface area contributed by atoms with Crippen molar-refractivity contribution in [2.45, 2.75) is 90.8 Å². The first-order chi connectivity index (χ1) is 13.0. The topological polar surface area (TPSA) is 46.5 Å². The molecule has 2 saturated heterocycles. The second kappa shape index (κ2) is 12.0. The van der Waals surface area contributed by atoms with E-state index in [-0.39, 0.29) is 6.42 Å². The van der Waals surface area contributed by atoms with Crippen LogP contribution in [0, 0.1) is 11.8 Å². The molecule has 0 spiro atoms. The molecule has 0 aromatic carbocycles. The number of hydrogen-bond donors (Lipinski definition) is 1. The van der Waals surface area contributed by atoms with Crippen molar-refractivity contribution in [2.24, 2.45) is 11.8 Å². The van der Waals surface area contributed by atoms with Crippen LogP contribution in [0.25, 0.3) is 0 Å². The molecule has 0 unspecified atom stereocenters. The van der Waals surface area contributed by atoms with E-state index in [1.807, 2.05) is 0 Å². The SMILES string of the molecule is CCCCC(C)=C(C)CSC[C@H]1[C@@H](CC=CCCCC(=O)O)[C@H]2CC[C@@H]1O2. The number of ether oxygens (including phenoxy) is 1. The number of carboxylic acids is 1. The van der Waals surface area contributed by atoms with Crippen LogP contribution in [0.5, 0.6) is 0 Å². The molecule has 0 aliphatic carbocycles. The van der Waals surface area contributed by atoms with Crippen molar-refractivity contribution >= 4 is 17.7 Å². The van der Waals surface area contributed by atoms with Crippen LogP contribution in [0.1, 0.15) is 78.6 Å². The molecular formula is C23H38O3S. The molecule has 0 aromatic rings. The van der Waals surface area contributed by atoms with Gasteiger partial charge in [-0.05, 0) is 76.4 Å². The van der Waals surface area contributed by atoms with Crippen LogP contribution < -0.4 is 0 Å². The maximum Gasteiger partial charge on any atom is 0.303 e. The molecule has 3 nitrogen and oxygen atoms in total. The number of allylic oxidation sites excluding steroid dienone is 3. The van der Waals surface area contributed by atoms with Gasteiger partial charge in [0.05, 0.1) is 12.2 Å². The summed E-state index contributed by atoms with van der Waals surface area (Å²) in [6, 6.07) is 0. The van der Waals surface area contributed by atoms with Gasteiger partial charge in [-0.3, -0.25) is 4.79 Å². The number of fused-ring (bicyclic) bond motifs is 2. The molecule has 0 aromatic heterocycles. The highest BCUT2D eigenvalue weighted by Gasteiger charge is 2.47. The normalized spacial score (nSPS) is 28.1. The Labute approximate surface area is 170 Å². The van der Waals surface area contributed by atoms with Crippen molar-refractivity contribution in [1.82, 2.24) is 0 Å². The highest BCUT2D eigenvalue weighted by molar-refractivity contribution is 7.99. The molecule has 2 heterocycles. The summed E-state index contributed by atoms with van der Waals surface area (Å²) in [5.74, 6) is 2.99. The average Bonchev–Trinajstić information content (AvgIpc) is 3.24. The third-order valence-corrected chi connectivity index (χ3v) is 7.45. The average molecular weight is 395 g/mol. The van der Waals surface area contributed by atoms with Crippen LogP contribution in [-0.2, 0) is 9.53 Å². The largest absolute Gasteiger partial charge is 0.481 e. The minimum Gasteiger partial charge on any atom is -0.481 e. The Hall–Kier alpha value is -0.740. The van der Waals surface area contributed by atoms with Crippen molar-refractivity contribution in [3.05, 3.63) is 23.3 Å². The predicted octanol–water partition coefficient (Wildman–Crippen LogP) is 6.24. The number of thioether (sulfide) groups is 1. The zero-order chi connectivity index (χ0) is 19.6. The van der Waals surface area contributed by atoms with Crippen LogP contribution >= 0.6 is 11.8 Å². The van der Waals surface area contributed by atoms with Gasteiger partial charge < -0.3 is 9.84 Å². The Kier molecular flexibility index (Phi) is 9.99. The zero-order valence-corrected chi connectivity index (χ0v) is 18.2. The number of carboxylic acid groups (broad SMARTS) is 1. The van der Waals surface area contributed by atoms with Gasteiger partial charge in [-0.15, -0.1) is 0 Å². The summed E-state index contributed by atoms with van der Waals surface area (Å²) in [4.78, 5) is 10.6. The van der Waals surface area contributed by atoms with Gasteiger partial charge in [0.1, 0.15) is 0 Å². The van der Waals surface area contributed by atoms with Crippen molar-refractivity contribution < 1.29 is 14.6 Å². The Morgan fingerprint density at radius 3 is 2.52 bits per heavy atom. The molecule has 2 bridgehead atoms. The van der Waals surface area contributed by atoms with Crippen molar-refractivity contribution in [3.8, 4) is 0 Å². The quantitative estimate of drug-likeness (QED) is 0.297. The lowest BCUT2D eigenvalue weighted by atomic mass is 9.78. The van der Waals surface area contributed by atoms with Gasteiger partial charge in [-0.2, -0.15) is 11.8 Å². The number of aliphatic carboxylic acids is 1. The summed E-state index contributed by atoms with van der Waals surface area (Å²) in [6.07, 6.45) is 14.6. The van der Waals surface area contributed by atoms with E-state index in [1.165, 1.54) is 37.9 Å². The molecule has 2 fully saturated rings. The summed E-state index contributed by atoms with van der Waals surface area (Å²) in [5.41, 5.74) is 3.14. The second-order valence-corrected chi connectivity index (χ2v) is 9.32. The van der Waals surface area contributed by atoms with Crippen molar-refractivity contribution in [1.29, 1.82) is 0 Å². The zero-order valence-electron chi connectivity index (χ0n) is 17.4. The molecule has 4 atom stereocenters. The molecular weight excluding hydrogens is 356 g/mol. The van der Waals surface area contributed by atoms with Gasteiger partial charge in [-0.25, -0.2) is 0 Å². The summed E-state index contributed by atoms with van der Waals surface area (Å²) in [7, 11) is 0. The van der Waals surface area contributed by atoms with E-state index in [0.29, 0.717) is 24.0 Å². The fourth-order valence-electron chi connectivity index (χ4n) is 4.30. The third-order valence-electron chi connectivity index (χ3n) is 6.19. The standard InChI is InChI=1S/C23H38O3S/c1-4-5-10-17(2)18(3)15-27-16-20-19(21-13-14-22(20)26-21)11-8-6-7-9-12-23(24)25/h6,8,19-22H,4-5,7,9-16H2,1-3H3,(H,24,25)/t19-,20+,21-,22+/m1/s1. The summed E-state index contributed by atoms with van der Waals surface area (Å²) in [5, 5.41) is 8.70. The lowest BCUT2D eigenvalue weighted by Gasteiger charge is -2.27. The van der Waals surface area contributed by atoms with Crippen LogP contribution in [-0.4, -0.2) is 34.8 Å². The molecule has 1 N–H and O–H groups in total. The van der Waals surface area contributed by atoms with E-state index >= 15 is 0 Å². The number of carbonyl (C=O) groups is 1. The minimum atomic E-state index is -0.698. The lowest BCUT2D eigenvalue weighted by Crippen LogP contribution is -2.28. The van der Waals surface area contributed by atoms with Crippen LogP contribution in [0.2, 0.25) is 0 Å². The molecule has 0 saturated carbocycles. The Morgan fingerprint density at radius 2 is 1.81 bits per heavy atom. The van der Waals surface area contributed by atoms with Gasteiger partial charge in [-0.1, -0.05) is 36.6 Å². The molecule has 4 heteroatoms.